The van der Waals surface area contributed by atoms with Crippen LogP contribution in [-0.4, -0.2) is 142 Å². The third-order valence-corrected chi connectivity index (χ3v) is 10.6. The fourth-order valence-corrected chi connectivity index (χ4v) is 6.74. The van der Waals surface area contributed by atoms with Gasteiger partial charge in [-0.2, -0.15) is 0 Å². The molecule has 15 nitrogen and oxygen atoms in total. The lowest BCUT2D eigenvalue weighted by atomic mass is 9.98. The van der Waals surface area contributed by atoms with Gasteiger partial charge in [0.15, 0.2) is 18.7 Å². The van der Waals surface area contributed by atoms with Crippen LogP contribution in [-0.2, 0) is 38.0 Å². The van der Waals surface area contributed by atoms with Gasteiger partial charge in [-0.3, -0.25) is 9.59 Å². The molecule has 15 heteroatoms. The Bertz CT molecular complexity index is 1260. The molecule has 0 bridgehead atoms. The van der Waals surface area contributed by atoms with Gasteiger partial charge in [0.25, 0.3) is 0 Å². The van der Waals surface area contributed by atoms with Crippen molar-refractivity contribution in [3.63, 3.8) is 0 Å². The molecule has 2 rings (SSSR count). The summed E-state index contributed by atoms with van der Waals surface area (Å²) in [4.78, 5) is 25.5. The molecule has 0 aromatic carbocycles. The van der Waals surface area contributed by atoms with Crippen LogP contribution in [0.25, 0.3) is 0 Å². The number of aliphatic hydroxyl groups is 7. The van der Waals surface area contributed by atoms with Gasteiger partial charge in [0.1, 0.15) is 55.4 Å². The van der Waals surface area contributed by atoms with E-state index in [-0.39, 0.29) is 19.4 Å². The van der Waals surface area contributed by atoms with Crippen LogP contribution >= 0.6 is 0 Å². The number of carbonyl (C=O) groups excluding carboxylic acids is 2. The molecule has 7 N–H and O–H groups in total. The fourth-order valence-electron chi connectivity index (χ4n) is 6.74. The van der Waals surface area contributed by atoms with Gasteiger partial charge in [0.2, 0.25) is 0 Å². The average molecular weight is 871 g/mol. The van der Waals surface area contributed by atoms with Crippen molar-refractivity contribution in [2.24, 2.45) is 0 Å². The first-order valence-electron chi connectivity index (χ1n) is 22.7. The summed E-state index contributed by atoms with van der Waals surface area (Å²) >= 11 is 0. The van der Waals surface area contributed by atoms with Crippen LogP contribution in [0.2, 0.25) is 0 Å². The van der Waals surface area contributed by atoms with E-state index in [1.54, 1.807) is 0 Å². The van der Waals surface area contributed by atoms with E-state index >= 15 is 0 Å². The minimum Gasteiger partial charge on any atom is -0.462 e. The molecule has 2 aliphatic rings. The molecule has 11 atom stereocenters. The van der Waals surface area contributed by atoms with E-state index in [4.69, 9.17) is 28.4 Å². The number of hydrogen-bond acceptors (Lipinski definition) is 15. The van der Waals surface area contributed by atoms with Crippen molar-refractivity contribution in [2.45, 2.75) is 203 Å². The van der Waals surface area contributed by atoms with Gasteiger partial charge in [-0.25, -0.2) is 0 Å². The normalized spacial score (nSPS) is 27.8. The Morgan fingerprint density at radius 1 is 0.525 bits per heavy atom. The molecule has 2 heterocycles. The summed E-state index contributed by atoms with van der Waals surface area (Å²) in [6.45, 7) is 2.43. The van der Waals surface area contributed by atoms with Crippen LogP contribution in [0, 0.1) is 0 Å². The number of rotatable bonds is 33. The summed E-state index contributed by atoms with van der Waals surface area (Å²) in [6.07, 6.45) is 17.5. The highest BCUT2D eigenvalue weighted by Crippen LogP contribution is 2.26. The summed E-state index contributed by atoms with van der Waals surface area (Å²) in [5.74, 6) is -1.000. The fraction of sp³-hybridized carbons (Fsp3) is 0.783. The third-order valence-electron chi connectivity index (χ3n) is 10.6. The van der Waals surface area contributed by atoms with Crippen molar-refractivity contribution in [3.8, 4) is 0 Å². The second kappa shape index (κ2) is 33.9. The zero-order valence-corrected chi connectivity index (χ0v) is 36.6. The van der Waals surface area contributed by atoms with Crippen LogP contribution < -0.4 is 0 Å². The lowest BCUT2D eigenvalue weighted by molar-refractivity contribution is -0.332. The smallest absolute Gasteiger partial charge is 0.306 e. The lowest BCUT2D eigenvalue weighted by Gasteiger charge is -2.42. The lowest BCUT2D eigenvalue weighted by Crippen LogP contribution is -2.61. The van der Waals surface area contributed by atoms with E-state index in [1.807, 2.05) is 12.2 Å². The number of unbranched alkanes of at least 4 members (excludes halogenated alkanes) is 11. The molecule has 4 unspecified atom stereocenters. The van der Waals surface area contributed by atoms with E-state index in [2.05, 4.69) is 50.3 Å². The van der Waals surface area contributed by atoms with E-state index in [1.165, 1.54) is 38.5 Å². The number of esters is 2. The molecule has 0 aliphatic carbocycles. The van der Waals surface area contributed by atoms with Crippen LogP contribution in [0.3, 0.4) is 0 Å². The highest BCUT2D eigenvalue weighted by molar-refractivity contribution is 5.70. The van der Waals surface area contributed by atoms with Gasteiger partial charge in [-0.05, 0) is 51.4 Å². The zero-order valence-electron chi connectivity index (χ0n) is 36.6. The Labute approximate surface area is 363 Å². The Morgan fingerprint density at radius 3 is 1.59 bits per heavy atom. The van der Waals surface area contributed by atoms with Crippen LogP contribution in [0.5, 0.6) is 0 Å². The topological polar surface area (TPSA) is 231 Å². The van der Waals surface area contributed by atoms with Crippen molar-refractivity contribution in [1.82, 2.24) is 0 Å². The van der Waals surface area contributed by atoms with Crippen LogP contribution in [0.1, 0.15) is 136 Å². The van der Waals surface area contributed by atoms with Crippen molar-refractivity contribution in [2.75, 3.05) is 26.4 Å². The molecular weight excluding hydrogens is 792 g/mol. The second-order valence-electron chi connectivity index (χ2n) is 15.9. The summed E-state index contributed by atoms with van der Waals surface area (Å²) in [5, 5.41) is 71.7. The summed E-state index contributed by atoms with van der Waals surface area (Å²) in [6, 6.07) is 0. The maximum absolute atomic E-state index is 12.8. The molecule has 61 heavy (non-hydrogen) atoms. The molecule has 0 aromatic rings. The molecule has 352 valence electrons. The van der Waals surface area contributed by atoms with E-state index in [9.17, 15) is 45.3 Å². The molecule has 2 saturated heterocycles. The van der Waals surface area contributed by atoms with Crippen molar-refractivity contribution < 1.29 is 73.8 Å². The SMILES string of the molecule is CCCCC/C=C/C/C=C/C/C=C/C/C=C/CCCC(=O)OC[C@@H](CO[C@@H]1O[C@H](CO[C@@H]2O[C@H](CO)[C@H](O)C(O)C2O)[C@H](O)C(O)C1O)OC(=O)CCCCCCCCCC. The highest BCUT2D eigenvalue weighted by atomic mass is 16.7. The maximum atomic E-state index is 12.8. The highest BCUT2D eigenvalue weighted by Gasteiger charge is 2.47. The van der Waals surface area contributed by atoms with E-state index in [0.717, 1.165) is 51.4 Å². The molecule has 0 aromatic heterocycles. The van der Waals surface area contributed by atoms with Gasteiger partial charge < -0.3 is 64.2 Å². The largest absolute Gasteiger partial charge is 0.462 e. The predicted molar refractivity (Wildman–Crippen MR) is 229 cm³/mol. The minimum atomic E-state index is -1.77. The molecule has 0 amide bonds. The Kier molecular flexibility index (Phi) is 30.4. The Balaban J connectivity index is 1.85. The first-order valence-corrected chi connectivity index (χ1v) is 22.7. The minimum absolute atomic E-state index is 0.141. The number of carbonyl (C=O) groups is 2. The van der Waals surface area contributed by atoms with Crippen molar-refractivity contribution in [1.29, 1.82) is 0 Å². The van der Waals surface area contributed by atoms with Crippen molar-refractivity contribution in [3.05, 3.63) is 48.6 Å². The number of allylic oxidation sites excluding steroid dienone is 8. The van der Waals surface area contributed by atoms with Gasteiger partial charge in [-0.1, -0.05) is 120 Å². The monoisotopic (exact) mass is 871 g/mol. The quantitative estimate of drug-likeness (QED) is 0.0268. The number of ether oxygens (including phenoxy) is 6. The average Bonchev–Trinajstić information content (AvgIpc) is 3.25. The van der Waals surface area contributed by atoms with Crippen LogP contribution in [0.15, 0.2) is 48.6 Å². The summed E-state index contributed by atoms with van der Waals surface area (Å²) in [7, 11) is 0. The van der Waals surface area contributed by atoms with Crippen molar-refractivity contribution >= 4 is 11.9 Å². The number of hydrogen-bond donors (Lipinski definition) is 7. The van der Waals surface area contributed by atoms with Gasteiger partial charge >= 0.3 is 11.9 Å². The van der Waals surface area contributed by atoms with Gasteiger partial charge in [0.05, 0.1) is 19.8 Å². The van der Waals surface area contributed by atoms with Crippen LogP contribution in [0.4, 0.5) is 0 Å². The molecule has 0 spiro atoms. The summed E-state index contributed by atoms with van der Waals surface area (Å²) in [5.41, 5.74) is 0. The third kappa shape index (κ3) is 23.1. The van der Waals surface area contributed by atoms with E-state index < -0.39 is 99.3 Å². The first-order chi connectivity index (χ1) is 29.5. The van der Waals surface area contributed by atoms with Gasteiger partial charge in [-0.15, -0.1) is 0 Å². The zero-order chi connectivity index (χ0) is 44.7. The maximum Gasteiger partial charge on any atom is 0.306 e. The Hall–Kier alpha value is -2.54. The standard InChI is InChI=1S/C46H78O15/c1-3-5-7-9-11-13-14-15-16-17-18-19-20-21-23-24-26-28-37(48)56-31-34(59-38(49)29-27-25-22-12-10-8-6-4-2)32-57-45-44(55)42(53)40(51)36(61-45)33-58-46-43(54)41(52)39(50)35(30-47)60-46/h11,13,15-16,18-19,21,23,34-36,39-47,50-55H,3-10,12,14,17,20,22,24-33H2,1-2H3/b13-11+,16-15+,19-18+,23-21+/t34-,35+,36+,39-,40-,41?,42?,43?,44?,45+,46+/m0/s1. The molecule has 2 fully saturated rings. The number of aliphatic hydroxyl groups excluding tert-OH is 7. The summed E-state index contributed by atoms with van der Waals surface area (Å²) < 4.78 is 33.3. The molecule has 2 aliphatic heterocycles. The molecule has 0 saturated carbocycles. The Morgan fingerprint density at radius 2 is 1.00 bits per heavy atom. The second-order valence-corrected chi connectivity index (χ2v) is 15.9. The molecular formula is C46H78O15. The predicted octanol–water partition coefficient (Wildman–Crippen LogP) is 4.76. The first kappa shape index (κ1) is 54.6. The van der Waals surface area contributed by atoms with E-state index in [0.29, 0.717) is 19.3 Å². The molecule has 0 radical (unpaired) electrons. The van der Waals surface area contributed by atoms with Gasteiger partial charge in [0, 0.05) is 12.8 Å².